The third kappa shape index (κ3) is 4.54. The topological polar surface area (TPSA) is 37.8 Å². The summed E-state index contributed by atoms with van der Waals surface area (Å²) in [5.74, 6) is 2.96. The molecule has 1 heterocycles. The average Bonchev–Trinajstić information content (AvgIpc) is 2.28. The van der Waals surface area contributed by atoms with E-state index in [0.29, 0.717) is 17.8 Å². The molecular formula is C13H23N3S. The number of hydrogen-bond acceptors (Lipinski definition) is 4. The van der Waals surface area contributed by atoms with Crippen molar-refractivity contribution in [3.63, 3.8) is 0 Å². The summed E-state index contributed by atoms with van der Waals surface area (Å²) in [4.78, 5) is 8.41. The zero-order chi connectivity index (χ0) is 12.8. The number of anilines is 1. The van der Waals surface area contributed by atoms with E-state index in [-0.39, 0.29) is 0 Å². The molecule has 3 nitrogen and oxygen atoms in total. The van der Waals surface area contributed by atoms with Crippen LogP contribution in [0.3, 0.4) is 0 Å². The molecule has 0 spiro atoms. The molecule has 0 unspecified atom stereocenters. The molecule has 17 heavy (non-hydrogen) atoms. The van der Waals surface area contributed by atoms with E-state index in [1.165, 1.54) is 0 Å². The van der Waals surface area contributed by atoms with Gasteiger partial charge in [-0.05, 0) is 24.0 Å². The van der Waals surface area contributed by atoms with Crippen molar-refractivity contribution >= 4 is 17.6 Å². The molecule has 0 fully saturated rings. The minimum Gasteiger partial charge on any atom is -0.370 e. The Labute approximate surface area is 109 Å². The van der Waals surface area contributed by atoms with Crippen molar-refractivity contribution in [2.24, 2.45) is 17.8 Å². The quantitative estimate of drug-likeness (QED) is 0.621. The Morgan fingerprint density at radius 3 is 2.35 bits per heavy atom. The number of rotatable bonds is 6. The maximum atomic E-state index is 4.24. The Kier molecular flexibility index (Phi) is 5.75. The first-order valence-electron chi connectivity index (χ1n) is 6.14. The fraction of sp³-hybridized carbons (Fsp3) is 0.692. The summed E-state index contributed by atoms with van der Waals surface area (Å²) in [5, 5.41) is 4.43. The van der Waals surface area contributed by atoms with Crippen LogP contribution in [0, 0.1) is 17.8 Å². The van der Waals surface area contributed by atoms with E-state index in [0.717, 1.165) is 17.4 Å². The minimum absolute atomic E-state index is 0.669. The van der Waals surface area contributed by atoms with Gasteiger partial charge in [0.2, 0.25) is 0 Å². The maximum absolute atomic E-state index is 4.24. The number of aromatic nitrogens is 2. The highest BCUT2D eigenvalue weighted by Gasteiger charge is 2.17. The Hall–Kier alpha value is -0.770. The maximum Gasteiger partial charge on any atom is 0.130 e. The molecule has 1 aromatic heterocycles. The molecule has 1 N–H and O–H groups in total. The SMILES string of the molecule is CSc1cc(NCC(C(C)C)C(C)C)ncn1. The van der Waals surface area contributed by atoms with Crippen molar-refractivity contribution in [3.8, 4) is 0 Å². The molecule has 0 saturated carbocycles. The molecule has 0 bridgehead atoms. The summed E-state index contributed by atoms with van der Waals surface area (Å²) < 4.78 is 0. The van der Waals surface area contributed by atoms with E-state index < -0.39 is 0 Å². The average molecular weight is 253 g/mol. The van der Waals surface area contributed by atoms with Gasteiger partial charge in [0, 0.05) is 12.6 Å². The van der Waals surface area contributed by atoms with Gasteiger partial charge in [0.05, 0.1) is 0 Å². The van der Waals surface area contributed by atoms with Crippen LogP contribution in [0.1, 0.15) is 27.7 Å². The van der Waals surface area contributed by atoms with Gasteiger partial charge in [-0.2, -0.15) is 0 Å². The van der Waals surface area contributed by atoms with Crippen LogP contribution in [0.4, 0.5) is 5.82 Å². The second-order valence-electron chi connectivity index (χ2n) is 4.98. The highest BCUT2D eigenvalue weighted by Crippen LogP contribution is 2.21. The molecule has 0 saturated heterocycles. The third-order valence-corrected chi connectivity index (χ3v) is 3.72. The number of nitrogens with zero attached hydrogens (tertiary/aromatic N) is 2. The van der Waals surface area contributed by atoms with E-state index in [4.69, 9.17) is 0 Å². The first-order valence-corrected chi connectivity index (χ1v) is 7.37. The molecular weight excluding hydrogens is 230 g/mol. The normalized spacial score (nSPS) is 11.5. The first-order chi connectivity index (χ1) is 8.04. The summed E-state index contributed by atoms with van der Waals surface area (Å²) in [6.45, 7) is 10.1. The van der Waals surface area contributed by atoms with E-state index in [1.807, 2.05) is 12.3 Å². The molecule has 1 aromatic rings. The van der Waals surface area contributed by atoms with Crippen molar-refractivity contribution < 1.29 is 0 Å². The fourth-order valence-corrected chi connectivity index (χ4v) is 2.39. The van der Waals surface area contributed by atoms with E-state index in [9.17, 15) is 0 Å². The largest absolute Gasteiger partial charge is 0.370 e. The van der Waals surface area contributed by atoms with Gasteiger partial charge in [-0.25, -0.2) is 9.97 Å². The lowest BCUT2D eigenvalue weighted by atomic mass is 9.85. The molecule has 0 aromatic carbocycles. The zero-order valence-corrected chi connectivity index (χ0v) is 12.2. The predicted molar refractivity (Wildman–Crippen MR) is 75.5 cm³/mol. The van der Waals surface area contributed by atoms with Gasteiger partial charge in [-0.15, -0.1) is 11.8 Å². The molecule has 1 rings (SSSR count). The molecule has 0 aliphatic carbocycles. The van der Waals surface area contributed by atoms with Crippen LogP contribution in [0.5, 0.6) is 0 Å². The Bertz CT molecular complexity index is 331. The molecule has 0 aliphatic heterocycles. The van der Waals surface area contributed by atoms with Crippen LogP contribution in [0.2, 0.25) is 0 Å². The summed E-state index contributed by atoms with van der Waals surface area (Å²) in [5.41, 5.74) is 0. The van der Waals surface area contributed by atoms with Crippen LogP contribution in [-0.4, -0.2) is 22.8 Å². The standard InChI is InChI=1S/C13H23N3S/c1-9(2)11(10(3)4)7-14-12-6-13(17-5)16-8-15-12/h6,8-11H,7H2,1-5H3,(H,14,15,16). The Morgan fingerprint density at radius 2 is 1.82 bits per heavy atom. The van der Waals surface area contributed by atoms with E-state index in [2.05, 4.69) is 43.0 Å². The lowest BCUT2D eigenvalue weighted by Gasteiger charge is -2.25. The molecule has 0 aliphatic rings. The van der Waals surface area contributed by atoms with Crippen LogP contribution in [0.25, 0.3) is 0 Å². The van der Waals surface area contributed by atoms with E-state index >= 15 is 0 Å². The summed E-state index contributed by atoms with van der Waals surface area (Å²) in [7, 11) is 0. The number of hydrogen-bond donors (Lipinski definition) is 1. The predicted octanol–water partition coefficient (Wildman–Crippen LogP) is 3.54. The Morgan fingerprint density at radius 1 is 1.18 bits per heavy atom. The highest BCUT2D eigenvalue weighted by atomic mass is 32.2. The first kappa shape index (κ1) is 14.3. The monoisotopic (exact) mass is 253 g/mol. The molecule has 0 atom stereocenters. The van der Waals surface area contributed by atoms with Crippen molar-refractivity contribution in [2.75, 3.05) is 18.1 Å². The summed E-state index contributed by atoms with van der Waals surface area (Å²) in [6.07, 6.45) is 3.64. The highest BCUT2D eigenvalue weighted by molar-refractivity contribution is 7.98. The second-order valence-corrected chi connectivity index (χ2v) is 5.80. The molecule has 4 heteroatoms. The van der Waals surface area contributed by atoms with Gasteiger partial charge in [0.25, 0.3) is 0 Å². The van der Waals surface area contributed by atoms with Crippen molar-refractivity contribution in [1.82, 2.24) is 9.97 Å². The molecule has 0 radical (unpaired) electrons. The summed E-state index contributed by atoms with van der Waals surface area (Å²) >= 11 is 1.64. The molecule has 96 valence electrons. The third-order valence-electron chi connectivity index (χ3n) is 3.08. The lowest BCUT2D eigenvalue weighted by Crippen LogP contribution is -2.24. The van der Waals surface area contributed by atoms with Crippen LogP contribution in [-0.2, 0) is 0 Å². The fourth-order valence-electron chi connectivity index (χ4n) is 2.01. The van der Waals surface area contributed by atoms with Gasteiger partial charge in [0.15, 0.2) is 0 Å². The van der Waals surface area contributed by atoms with Crippen LogP contribution >= 0.6 is 11.8 Å². The van der Waals surface area contributed by atoms with Gasteiger partial charge in [-0.3, -0.25) is 0 Å². The second kappa shape index (κ2) is 6.84. The van der Waals surface area contributed by atoms with Crippen LogP contribution in [0.15, 0.2) is 17.4 Å². The summed E-state index contributed by atoms with van der Waals surface area (Å²) in [6, 6.07) is 2.00. The smallest absolute Gasteiger partial charge is 0.130 e. The van der Waals surface area contributed by atoms with Gasteiger partial charge in [0.1, 0.15) is 17.2 Å². The van der Waals surface area contributed by atoms with Crippen LogP contribution < -0.4 is 5.32 Å². The Balaban J connectivity index is 2.59. The zero-order valence-electron chi connectivity index (χ0n) is 11.4. The lowest BCUT2D eigenvalue weighted by molar-refractivity contribution is 0.304. The van der Waals surface area contributed by atoms with Crippen molar-refractivity contribution in [1.29, 1.82) is 0 Å². The molecule has 0 amide bonds. The van der Waals surface area contributed by atoms with Gasteiger partial charge in [-0.1, -0.05) is 27.7 Å². The number of thioether (sulfide) groups is 1. The van der Waals surface area contributed by atoms with Crippen molar-refractivity contribution in [3.05, 3.63) is 12.4 Å². The van der Waals surface area contributed by atoms with E-state index in [1.54, 1.807) is 18.1 Å². The van der Waals surface area contributed by atoms with Gasteiger partial charge < -0.3 is 5.32 Å². The van der Waals surface area contributed by atoms with Gasteiger partial charge >= 0.3 is 0 Å². The number of nitrogens with one attached hydrogen (secondary N) is 1. The van der Waals surface area contributed by atoms with Crippen molar-refractivity contribution in [2.45, 2.75) is 32.7 Å². The minimum atomic E-state index is 0.669.